The lowest BCUT2D eigenvalue weighted by atomic mass is 10.1. The summed E-state index contributed by atoms with van der Waals surface area (Å²) in [5.41, 5.74) is 3.55. The molecular weight excluding hydrogens is 396 g/mol. The first-order chi connectivity index (χ1) is 14.9. The minimum atomic E-state index is -0.444. The monoisotopic (exact) mass is 426 g/mol. The summed E-state index contributed by atoms with van der Waals surface area (Å²) in [6.07, 6.45) is 0.488. The van der Waals surface area contributed by atoms with Gasteiger partial charge in [0.15, 0.2) is 0 Å². The molecule has 1 N–H and O–H groups in total. The number of nitrogens with zero attached hydrogens (tertiary/aromatic N) is 1. The lowest BCUT2D eigenvalue weighted by molar-refractivity contribution is -0.146. The highest BCUT2D eigenvalue weighted by Crippen LogP contribution is 2.33. The van der Waals surface area contributed by atoms with Gasteiger partial charge in [-0.1, -0.05) is 23.8 Å². The Morgan fingerprint density at radius 2 is 1.74 bits per heavy atom. The van der Waals surface area contributed by atoms with Crippen molar-refractivity contribution in [2.75, 3.05) is 27.9 Å². The molecule has 1 aliphatic heterocycles. The summed E-state index contributed by atoms with van der Waals surface area (Å²) in [7, 11) is 4.63. The molecule has 1 aliphatic rings. The molecule has 0 aromatic heterocycles. The van der Waals surface area contributed by atoms with E-state index in [4.69, 9.17) is 14.2 Å². The van der Waals surface area contributed by atoms with Gasteiger partial charge in [-0.2, -0.15) is 0 Å². The number of ether oxygens (including phenoxy) is 3. The molecule has 7 heteroatoms. The van der Waals surface area contributed by atoms with E-state index < -0.39 is 6.04 Å². The van der Waals surface area contributed by atoms with Crippen molar-refractivity contribution in [2.45, 2.75) is 38.9 Å². The number of rotatable bonds is 7. The summed E-state index contributed by atoms with van der Waals surface area (Å²) in [6, 6.07) is 10.7. The molecule has 0 unspecified atom stereocenters. The van der Waals surface area contributed by atoms with Crippen LogP contribution in [0, 0.1) is 13.8 Å². The predicted octanol–water partition coefficient (Wildman–Crippen LogP) is 2.87. The average molecular weight is 427 g/mol. The second-order valence-corrected chi connectivity index (χ2v) is 7.83. The Labute approximate surface area is 183 Å². The minimum Gasteiger partial charge on any atom is -0.496 e. The number of likely N-dealkylation sites (tertiary alicyclic amines) is 1. The van der Waals surface area contributed by atoms with Crippen molar-refractivity contribution < 1.29 is 23.8 Å². The summed E-state index contributed by atoms with van der Waals surface area (Å²) in [4.78, 5) is 27.1. The Morgan fingerprint density at radius 1 is 1.03 bits per heavy atom. The first kappa shape index (κ1) is 22.6. The third kappa shape index (κ3) is 4.99. The zero-order valence-electron chi connectivity index (χ0n) is 18.7. The molecule has 2 aromatic carbocycles. The van der Waals surface area contributed by atoms with Crippen molar-refractivity contribution in [1.29, 1.82) is 0 Å². The van der Waals surface area contributed by atoms with Gasteiger partial charge in [-0.05, 0) is 38.5 Å². The molecule has 1 heterocycles. The summed E-state index contributed by atoms with van der Waals surface area (Å²) in [5.74, 6) is 1.02. The van der Waals surface area contributed by atoms with E-state index in [-0.39, 0.29) is 17.9 Å². The summed E-state index contributed by atoms with van der Waals surface area (Å²) in [6.45, 7) is 4.94. The number of carbonyl (C=O) groups excluding carboxylic acids is 2. The molecule has 0 bridgehead atoms. The number of aryl methyl sites for hydroxylation is 1. The van der Waals surface area contributed by atoms with Crippen LogP contribution in [0.2, 0.25) is 0 Å². The van der Waals surface area contributed by atoms with E-state index >= 15 is 0 Å². The van der Waals surface area contributed by atoms with Gasteiger partial charge in [-0.15, -0.1) is 0 Å². The van der Waals surface area contributed by atoms with E-state index in [1.54, 1.807) is 26.4 Å². The number of hydrogen-bond donors (Lipinski definition) is 1. The molecule has 2 atom stereocenters. The number of amides is 1. The first-order valence-corrected chi connectivity index (χ1v) is 10.3. The van der Waals surface area contributed by atoms with Crippen LogP contribution >= 0.6 is 0 Å². The molecule has 1 amide bonds. The fraction of sp³-hybridized carbons (Fsp3) is 0.417. The van der Waals surface area contributed by atoms with Gasteiger partial charge in [0.2, 0.25) is 0 Å². The van der Waals surface area contributed by atoms with Crippen LogP contribution in [-0.2, 0) is 16.1 Å². The maximum absolute atomic E-state index is 12.7. The molecule has 0 radical (unpaired) electrons. The number of benzene rings is 2. The van der Waals surface area contributed by atoms with E-state index in [1.165, 1.54) is 7.11 Å². The summed E-state index contributed by atoms with van der Waals surface area (Å²) in [5, 5.41) is 3.06. The third-order valence-electron chi connectivity index (χ3n) is 5.76. The van der Waals surface area contributed by atoms with Crippen LogP contribution in [0.15, 0.2) is 36.4 Å². The van der Waals surface area contributed by atoms with E-state index in [0.29, 0.717) is 25.1 Å². The average Bonchev–Trinajstić information content (AvgIpc) is 3.16. The van der Waals surface area contributed by atoms with Gasteiger partial charge in [0.05, 0.1) is 21.3 Å². The molecule has 31 heavy (non-hydrogen) atoms. The number of esters is 1. The van der Waals surface area contributed by atoms with Gasteiger partial charge in [0.25, 0.3) is 5.91 Å². The van der Waals surface area contributed by atoms with Crippen molar-refractivity contribution in [3.63, 3.8) is 0 Å². The summed E-state index contributed by atoms with van der Waals surface area (Å²) >= 11 is 0. The highest BCUT2D eigenvalue weighted by molar-refractivity contribution is 5.94. The molecular formula is C24H30N2O5. The number of nitrogens with one attached hydrogen (secondary N) is 1. The Kier molecular flexibility index (Phi) is 7.17. The van der Waals surface area contributed by atoms with E-state index in [1.807, 2.05) is 43.0 Å². The van der Waals surface area contributed by atoms with Gasteiger partial charge >= 0.3 is 5.97 Å². The molecule has 0 spiro atoms. The smallest absolute Gasteiger partial charge is 0.323 e. The maximum Gasteiger partial charge on any atom is 0.323 e. The minimum absolute atomic E-state index is 0.145. The summed E-state index contributed by atoms with van der Waals surface area (Å²) < 4.78 is 16.0. The van der Waals surface area contributed by atoms with Crippen LogP contribution in [0.25, 0.3) is 0 Å². The maximum atomic E-state index is 12.7. The molecule has 1 saturated heterocycles. The Bertz CT molecular complexity index is 942. The van der Waals surface area contributed by atoms with Crippen LogP contribution in [0.5, 0.6) is 11.5 Å². The standard InChI is InChI=1S/C24H30N2O5/c1-15-6-8-17(9-7-15)23(27)25-19-12-20(24(28)31-5)26(14-19)13-18-10-11-21(29-3)16(2)22(18)30-4/h6-11,19-20H,12-14H2,1-5H3,(H,25,27)/t19-,20+/m1/s1. The highest BCUT2D eigenvalue weighted by Gasteiger charge is 2.38. The van der Waals surface area contributed by atoms with Crippen molar-refractivity contribution in [3.05, 3.63) is 58.7 Å². The SMILES string of the molecule is COC(=O)[C@@H]1C[C@@H](NC(=O)c2ccc(C)cc2)CN1Cc1ccc(OC)c(C)c1OC. The van der Waals surface area contributed by atoms with Gasteiger partial charge in [0.1, 0.15) is 17.5 Å². The normalized spacial score (nSPS) is 18.5. The van der Waals surface area contributed by atoms with Gasteiger partial charge < -0.3 is 19.5 Å². The third-order valence-corrected chi connectivity index (χ3v) is 5.76. The lowest BCUT2D eigenvalue weighted by Crippen LogP contribution is -2.37. The van der Waals surface area contributed by atoms with Crippen LogP contribution < -0.4 is 14.8 Å². The van der Waals surface area contributed by atoms with E-state index in [2.05, 4.69) is 5.32 Å². The second-order valence-electron chi connectivity index (χ2n) is 7.83. The van der Waals surface area contributed by atoms with Gasteiger partial charge in [-0.3, -0.25) is 14.5 Å². The molecule has 2 aromatic rings. The van der Waals surface area contributed by atoms with Crippen LogP contribution in [0.3, 0.4) is 0 Å². The Morgan fingerprint density at radius 3 is 2.35 bits per heavy atom. The number of hydrogen-bond acceptors (Lipinski definition) is 6. The molecule has 1 fully saturated rings. The molecule has 7 nitrogen and oxygen atoms in total. The van der Waals surface area contributed by atoms with Gasteiger partial charge in [0, 0.05) is 35.8 Å². The van der Waals surface area contributed by atoms with E-state index in [9.17, 15) is 9.59 Å². The molecule has 0 saturated carbocycles. The highest BCUT2D eigenvalue weighted by atomic mass is 16.5. The lowest BCUT2D eigenvalue weighted by Gasteiger charge is -2.24. The Balaban J connectivity index is 1.78. The fourth-order valence-corrected chi connectivity index (χ4v) is 4.12. The van der Waals surface area contributed by atoms with Crippen molar-refractivity contribution >= 4 is 11.9 Å². The Hall–Kier alpha value is -3.06. The van der Waals surface area contributed by atoms with E-state index in [0.717, 1.165) is 28.2 Å². The topological polar surface area (TPSA) is 77.1 Å². The molecule has 0 aliphatic carbocycles. The largest absolute Gasteiger partial charge is 0.496 e. The number of carbonyl (C=O) groups is 2. The zero-order chi connectivity index (χ0) is 22.5. The molecule has 3 rings (SSSR count). The second kappa shape index (κ2) is 9.83. The van der Waals surface area contributed by atoms with Crippen LogP contribution in [0.4, 0.5) is 0 Å². The fourth-order valence-electron chi connectivity index (χ4n) is 4.12. The van der Waals surface area contributed by atoms with Crippen molar-refractivity contribution in [3.8, 4) is 11.5 Å². The number of methoxy groups -OCH3 is 3. The van der Waals surface area contributed by atoms with Gasteiger partial charge in [-0.25, -0.2) is 0 Å². The predicted molar refractivity (Wildman–Crippen MR) is 118 cm³/mol. The molecule has 166 valence electrons. The van der Waals surface area contributed by atoms with Crippen LogP contribution in [-0.4, -0.2) is 56.7 Å². The van der Waals surface area contributed by atoms with Crippen molar-refractivity contribution in [2.24, 2.45) is 0 Å². The first-order valence-electron chi connectivity index (χ1n) is 10.3. The quantitative estimate of drug-likeness (QED) is 0.686. The van der Waals surface area contributed by atoms with Crippen LogP contribution in [0.1, 0.15) is 33.5 Å². The zero-order valence-corrected chi connectivity index (χ0v) is 18.7. The van der Waals surface area contributed by atoms with Crippen molar-refractivity contribution in [1.82, 2.24) is 10.2 Å².